The first-order valence-corrected chi connectivity index (χ1v) is 19.6. The fourth-order valence-electron chi connectivity index (χ4n) is 13.9. The van der Waals surface area contributed by atoms with Gasteiger partial charge in [0, 0.05) is 82.0 Å². The van der Waals surface area contributed by atoms with Crippen molar-refractivity contribution in [3.05, 3.63) is 0 Å². The number of Topliss-reactive ketones (excluding diaryl/α,β-unsaturated/α-hetero) is 1. The lowest BCUT2D eigenvalue weighted by Crippen LogP contribution is -2.75. The number of carbonyl (C=O) groups excluding carboxylic acids is 8. The second-order valence-electron chi connectivity index (χ2n) is 18.3. The largest absolute Gasteiger partial charge is 0.462 e. The summed E-state index contributed by atoms with van der Waals surface area (Å²) in [5, 5.41) is 0. The quantitative estimate of drug-likeness (QED) is 0.212. The molecule has 1 unspecified atom stereocenters. The highest BCUT2D eigenvalue weighted by molar-refractivity contribution is 5.90. The first-order chi connectivity index (χ1) is 26.4. The van der Waals surface area contributed by atoms with Crippen molar-refractivity contribution in [2.45, 2.75) is 143 Å². The molecule has 0 N–H and O–H groups in total. The summed E-state index contributed by atoms with van der Waals surface area (Å²) in [6, 6.07) is 0. The molecule has 5 saturated carbocycles. The summed E-state index contributed by atoms with van der Waals surface area (Å²) >= 11 is 0. The van der Waals surface area contributed by atoms with E-state index in [4.69, 9.17) is 42.6 Å². The fourth-order valence-corrected chi connectivity index (χ4v) is 13.9. The molecule has 3 heterocycles. The molecule has 312 valence electrons. The van der Waals surface area contributed by atoms with Crippen molar-refractivity contribution in [3.8, 4) is 0 Å². The van der Waals surface area contributed by atoms with E-state index in [0.717, 1.165) is 13.8 Å². The number of fused-ring (bicyclic) bond motifs is 9. The normalized spacial score (nSPS) is 51.7. The van der Waals surface area contributed by atoms with Crippen molar-refractivity contribution in [2.24, 2.45) is 57.7 Å². The predicted octanol–water partition coefficient (Wildman–Crippen LogP) is 1.77. The Morgan fingerprint density at radius 2 is 1.19 bits per heavy atom. The summed E-state index contributed by atoms with van der Waals surface area (Å²) in [7, 11) is 0. The summed E-state index contributed by atoms with van der Waals surface area (Å²) < 4.78 is 55.5. The zero-order chi connectivity index (χ0) is 41.9. The van der Waals surface area contributed by atoms with Crippen LogP contribution < -0.4 is 0 Å². The van der Waals surface area contributed by atoms with Gasteiger partial charge in [0.1, 0.15) is 36.6 Å². The van der Waals surface area contributed by atoms with Crippen LogP contribution >= 0.6 is 0 Å². The van der Waals surface area contributed by atoms with E-state index in [1.807, 2.05) is 6.92 Å². The van der Waals surface area contributed by atoms with Gasteiger partial charge >= 0.3 is 41.8 Å². The highest BCUT2D eigenvalue weighted by atomic mass is 16.8. The second kappa shape index (κ2) is 12.2. The van der Waals surface area contributed by atoms with Gasteiger partial charge in [-0.15, -0.1) is 0 Å². The third kappa shape index (κ3) is 4.87. The molecule has 17 nitrogen and oxygen atoms in total. The first-order valence-electron chi connectivity index (χ1n) is 19.6. The van der Waals surface area contributed by atoms with E-state index < -0.39 is 165 Å². The molecule has 57 heavy (non-hydrogen) atoms. The molecule has 0 bridgehead atoms. The van der Waals surface area contributed by atoms with Gasteiger partial charge in [0.2, 0.25) is 5.60 Å². The average molecular weight is 803 g/mol. The van der Waals surface area contributed by atoms with Crippen LogP contribution in [0.15, 0.2) is 0 Å². The van der Waals surface area contributed by atoms with Gasteiger partial charge in [-0.3, -0.25) is 33.6 Å². The summed E-state index contributed by atoms with van der Waals surface area (Å²) in [4.78, 5) is 108. The number of hydrogen-bond donors (Lipinski definition) is 0. The topological polar surface area (TPSA) is 226 Å². The minimum absolute atomic E-state index is 0.168. The number of ether oxygens (including phenoxy) is 9. The highest BCUT2D eigenvalue weighted by Crippen LogP contribution is 2.81. The Morgan fingerprint density at radius 1 is 0.649 bits per heavy atom. The minimum Gasteiger partial charge on any atom is -0.462 e. The van der Waals surface area contributed by atoms with Gasteiger partial charge in [-0.05, 0) is 32.1 Å². The number of esters is 7. The molecule has 5 aliphatic carbocycles. The van der Waals surface area contributed by atoms with Gasteiger partial charge in [0.15, 0.2) is 11.9 Å². The fraction of sp³-hybridized carbons (Fsp3) is 0.800. The predicted molar refractivity (Wildman–Crippen MR) is 184 cm³/mol. The van der Waals surface area contributed by atoms with Crippen molar-refractivity contribution in [1.82, 2.24) is 0 Å². The Balaban J connectivity index is 1.45. The molecule has 8 fully saturated rings. The number of hydrogen-bond acceptors (Lipinski definition) is 17. The molecular formula is C40H50O17. The molecule has 8 aliphatic rings. The molecule has 0 amide bonds. The number of ketones is 1. The molecule has 3 saturated heterocycles. The summed E-state index contributed by atoms with van der Waals surface area (Å²) in [6.07, 6.45) is -8.29. The van der Waals surface area contributed by atoms with Gasteiger partial charge in [-0.25, -0.2) is 4.79 Å². The summed E-state index contributed by atoms with van der Waals surface area (Å²) in [5.41, 5.74) is -6.45. The zero-order valence-electron chi connectivity index (χ0n) is 33.8. The molecule has 0 aromatic heterocycles. The van der Waals surface area contributed by atoms with Crippen LogP contribution in [0.25, 0.3) is 0 Å². The maximum atomic E-state index is 15.2. The van der Waals surface area contributed by atoms with Crippen LogP contribution in [-0.2, 0) is 81.0 Å². The van der Waals surface area contributed by atoms with Crippen molar-refractivity contribution in [2.75, 3.05) is 0 Å². The molecule has 8 rings (SSSR count). The number of epoxide rings is 2. The first kappa shape index (κ1) is 39.7. The smallest absolute Gasteiger partial charge is 0.353 e. The highest BCUT2D eigenvalue weighted by Gasteiger charge is 2.94. The molecule has 3 aliphatic heterocycles. The third-order valence-corrected chi connectivity index (χ3v) is 15.6. The van der Waals surface area contributed by atoms with Crippen LogP contribution in [0, 0.1) is 57.7 Å². The second-order valence-corrected chi connectivity index (χ2v) is 18.3. The van der Waals surface area contributed by atoms with Crippen molar-refractivity contribution in [1.29, 1.82) is 0 Å². The Kier molecular flexibility index (Phi) is 8.50. The van der Waals surface area contributed by atoms with E-state index in [9.17, 15) is 33.6 Å². The number of carbonyl (C=O) groups is 8. The summed E-state index contributed by atoms with van der Waals surface area (Å²) in [6.45, 7) is 15.6. The Bertz CT molecular complexity index is 1890. The van der Waals surface area contributed by atoms with Crippen LogP contribution in [0.4, 0.5) is 0 Å². The van der Waals surface area contributed by atoms with E-state index in [2.05, 4.69) is 0 Å². The van der Waals surface area contributed by atoms with Gasteiger partial charge in [-0.1, -0.05) is 20.8 Å². The zero-order valence-corrected chi connectivity index (χ0v) is 33.8. The Hall–Kier alpha value is -4.12. The van der Waals surface area contributed by atoms with E-state index in [0.29, 0.717) is 0 Å². The van der Waals surface area contributed by atoms with Crippen molar-refractivity contribution < 1.29 is 81.0 Å². The lowest BCUT2D eigenvalue weighted by Gasteiger charge is -2.65. The molecule has 20 atom stereocenters. The SMILES string of the molecule is CC(=O)O[C@@H]1[C@H]2[C@H]3C([C@H](OC(C)=O)[C@H](OC(C)=O)[C@]2(C)[C@H]2[C@H](C)[C@H]4O[C@]45OC(=O)[C@@](C)(OC(C)=O)[C@]5(C)[C@H]12)[C@]1(C)[C@H](C[C@@H]2O[C@@H]2[C@@H]1OC(C)=O)C(=O)[C@@H]3OC(C)=O. The Morgan fingerprint density at radius 3 is 1.75 bits per heavy atom. The van der Waals surface area contributed by atoms with E-state index in [1.54, 1.807) is 20.8 Å². The van der Waals surface area contributed by atoms with Crippen LogP contribution in [0.2, 0.25) is 0 Å². The maximum absolute atomic E-state index is 15.2. The van der Waals surface area contributed by atoms with Crippen molar-refractivity contribution >= 4 is 47.6 Å². The van der Waals surface area contributed by atoms with Gasteiger partial charge in [0.05, 0.1) is 11.5 Å². The van der Waals surface area contributed by atoms with E-state index in [1.165, 1.54) is 34.6 Å². The van der Waals surface area contributed by atoms with Crippen LogP contribution in [-0.4, -0.2) is 108 Å². The lowest BCUT2D eigenvalue weighted by atomic mass is 9.41. The molecular weight excluding hydrogens is 752 g/mol. The number of rotatable bonds is 6. The molecule has 17 heteroatoms. The monoisotopic (exact) mass is 802 g/mol. The van der Waals surface area contributed by atoms with Gasteiger partial charge in [-0.2, -0.15) is 0 Å². The standard InChI is InChI=1S/C40H50O17/c1-13-23-26(38(10)39(11,55-19(7)46)35(48)57-40(38)32(13)56-40)30(50-15(3)42)24-22-25(31(51-16(4)43)34(37(23,24)9)53-18(6)45)36(8)20(27(47)29(22)49-14(2)41)12-21-28(54-21)33(36)52-17(5)44/h13,20-26,28-34H,12H2,1-11H3/t13-,20+,21-,22-,23-,24+,25?,26-,28-,29+,30+,31-,32+,33-,34-,36-,37+,38-,39+,40-/m0/s1. The third-order valence-electron chi connectivity index (χ3n) is 15.6. The summed E-state index contributed by atoms with van der Waals surface area (Å²) in [5.74, 6) is -14.1. The molecule has 0 radical (unpaired) electrons. The Labute approximate surface area is 328 Å². The lowest BCUT2D eigenvalue weighted by molar-refractivity contribution is -0.275. The van der Waals surface area contributed by atoms with Crippen LogP contribution in [0.5, 0.6) is 0 Å². The molecule has 1 spiro atoms. The van der Waals surface area contributed by atoms with Gasteiger partial charge in [0.25, 0.3) is 5.79 Å². The molecule has 0 aromatic carbocycles. The van der Waals surface area contributed by atoms with Crippen molar-refractivity contribution in [3.63, 3.8) is 0 Å². The van der Waals surface area contributed by atoms with Crippen LogP contribution in [0.3, 0.4) is 0 Å². The van der Waals surface area contributed by atoms with Gasteiger partial charge < -0.3 is 42.6 Å². The van der Waals surface area contributed by atoms with E-state index >= 15 is 4.79 Å². The minimum atomic E-state index is -2.01. The van der Waals surface area contributed by atoms with E-state index in [-0.39, 0.29) is 6.42 Å². The molecule has 0 aromatic rings. The maximum Gasteiger partial charge on any atom is 0.353 e. The van der Waals surface area contributed by atoms with Crippen LogP contribution in [0.1, 0.15) is 82.6 Å². The average Bonchev–Trinajstić information content (AvgIpc) is 3.98.